The normalized spacial score (nSPS) is 10.2. The van der Waals surface area contributed by atoms with E-state index in [2.05, 4.69) is 15.6 Å². The minimum Gasteiger partial charge on any atom is -0.321 e. The molecule has 28 heavy (non-hydrogen) atoms. The van der Waals surface area contributed by atoms with Gasteiger partial charge < -0.3 is 10.6 Å². The number of para-hydroxylation sites is 1. The number of aromatic nitrogens is 1. The van der Waals surface area contributed by atoms with Gasteiger partial charge in [0.15, 0.2) is 5.78 Å². The molecule has 6 nitrogen and oxygen atoms in total. The average Bonchev–Trinajstić information content (AvgIpc) is 2.70. The van der Waals surface area contributed by atoms with Gasteiger partial charge in [-0.1, -0.05) is 24.3 Å². The van der Waals surface area contributed by atoms with E-state index < -0.39 is 17.6 Å². The molecule has 0 atom stereocenters. The van der Waals surface area contributed by atoms with Crippen molar-refractivity contribution in [3.63, 3.8) is 0 Å². The van der Waals surface area contributed by atoms with Gasteiger partial charge in [-0.2, -0.15) is 0 Å². The molecule has 0 aliphatic rings. The topological polar surface area (TPSA) is 88.2 Å². The number of hydrogen-bond acceptors (Lipinski definition) is 4. The van der Waals surface area contributed by atoms with Crippen molar-refractivity contribution in [3.05, 3.63) is 89.5 Å². The summed E-state index contributed by atoms with van der Waals surface area (Å²) in [5, 5.41) is 5.08. The Morgan fingerprint density at radius 1 is 0.857 bits per heavy atom. The highest BCUT2D eigenvalue weighted by atomic mass is 19.1. The van der Waals surface area contributed by atoms with Gasteiger partial charge in [-0.05, 0) is 43.3 Å². The third kappa shape index (κ3) is 4.45. The van der Waals surface area contributed by atoms with E-state index in [-0.39, 0.29) is 22.7 Å². The number of ketones is 1. The third-order valence-electron chi connectivity index (χ3n) is 3.90. The fourth-order valence-electron chi connectivity index (χ4n) is 2.46. The molecule has 0 bridgehead atoms. The monoisotopic (exact) mass is 377 g/mol. The number of benzene rings is 2. The van der Waals surface area contributed by atoms with Crippen molar-refractivity contribution < 1.29 is 18.8 Å². The molecule has 2 aromatic carbocycles. The number of anilines is 2. The number of hydrogen-bond donors (Lipinski definition) is 2. The highest BCUT2D eigenvalue weighted by Crippen LogP contribution is 2.15. The Labute approximate surface area is 160 Å². The summed E-state index contributed by atoms with van der Waals surface area (Å²) in [5.41, 5.74) is 1.09. The van der Waals surface area contributed by atoms with E-state index in [1.807, 2.05) is 0 Å². The first-order chi connectivity index (χ1) is 13.4. The van der Waals surface area contributed by atoms with Crippen LogP contribution in [0.2, 0.25) is 0 Å². The van der Waals surface area contributed by atoms with Crippen LogP contribution in [0.3, 0.4) is 0 Å². The van der Waals surface area contributed by atoms with Gasteiger partial charge in [0.05, 0.1) is 5.69 Å². The summed E-state index contributed by atoms with van der Waals surface area (Å²) < 4.78 is 13.7. The number of nitrogens with one attached hydrogen (secondary N) is 2. The van der Waals surface area contributed by atoms with Crippen LogP contribution in [0.5, 0.6) is 0 Å². The SMILES string of the molecule is CC(=O)c1cccc(NC(=O)c2cc(C(=O)Nc3ccccc3F)ccn2)c1. The predicted molar refractivity (Wildman–Crippen MR) is 103 cm³/mol. The first-order valence-corrected chi connectivity index (χ1v) is 8.38. The lowest BCUT2D eigenvalue weighted by Crippen LogP contribution is -2.17. The minimum atomic E-state index is -0.569. The molecule has 2 amide bonds. The predicted octanol–water partition coefficient (Wildman–Crippen LogP) is 3.93. The Bertz CT molecular complexity index is 1070. The van der Waals surface area contributed by atoms with Gasteiger partial charge in [0.25, 0.3) is 11.8 Å². The second kappa shape index (κ2) is 8.22. The van der Waals surface area contributed by atoms with Gasteiger partial charge >= 0.3 is 0 Å². The van der Waals surface area contributed by atoms with E-state index in [0.717, 1.165) is 0 Å². The van der Waals surface area contributed by atoms with Gasteiger partial charge in [-0.3, -0.25) is 19.4 Å². The van der Waals surface area contributed by atoms with Crippen LogP contribution in [0, 0.1) is 5.82 Å². The van der Waals surface area contributed by atoms with E-state index in [0.29, 0.717) is 11.3 Å². The number of amides is 2. The first-order valence-electron chi connectivity index (χ1n) is 8.38. The molecular formula is C21H16FN3O3. The summed E-state index contributed by atoms with van der Waals surface area (Å²) in [5.74, 6) is -1.80. The maximum Gasteiger partial charge on any atom is 0.274 e. The van der Waals surface area contributed by atoms with Crippen LogP contribution < -0.4 is 10.6 Å². The first kappa shape index (κ1) is 18.9. The fraction of sp³-hybridized carbons (Fsp3) is 0.0476. The Morgan fingerprint density at radius 2 is 1.64 bits per heavy atom. The molecule has 3 rings (SSSR count). The summed E-state index contributed by atoms with van der Waals surface area (Å²) in [4.78, 5) is 40.2. The Kier molecular flexibility index (Phi) is 5.55. The van der Waals surface area contributed by atoms with Crippen molar-refractivity contribution in [2.24, 2.45) is 0 Å². The van der Waals surface area contributed by atoms with Crippen molar-refractivity contribution in [1.82, 2.24) is 4.98 Å². The van der Waals surface area contributed by atoms with Crippen molar-refractivity contribution in [2.45, 2.75) is 6.92 Å². The zero-order valence-corrected chi connectivity index (χ0v) is 14.9. The molecule has 1 aromatic heterocycles. The van der Waals surface area contributed by atoms with Crippen LogP contribution in [0.15, 0.2) is 66.9 Å². The van der Waals surface area contributed by atoms with Crippen molar-refractivity contribution in [2.75, 3.05) is 10.6 Å². The number of pyridine rings is 1. The average molecular weight is 377 g/mol. The van der Waals surface area contributed by atoms with Crippen LogP contribution in [0.25, 0.3) is 0 Å². The molecular weight excluding hydrogens is 361 g/mol. The van der Waals surface area contributed by atoms with Gasteiger partial charge in [0.2, 0.25) is 0 Å². The van der Waals surface area contributed by atoms with Crippen LogP contribution >= 0.6 is 0 Å². The Hall–Kier alpha value is -3.87. The van der Waals surface area contributed by atoms with Gasteiger partial charge in [0, 0.05) is 23.0 Å². The van der Waals surface area contributed by atoms with E-state index >= 15 is 0 Å². The molecule has 0 radical (unpaired) electrons. The largest absolute Gasteiger partial charge is 0.321 e. The maximum atomic E-state index is 13.7. The molecule has 0 fully saturated rings. The summed E-state index contributed by atoms with van der Waals surface area (Å²) in [7, 11) is 0. The molecule has 140 valence electrons. The molecule has 0 saturated carbocycles. The third-order valence-corrected chi connectivity index (χ3v) is 3.90. The van der Waals surface area contributed by atoms with E-state index in [1.165, 1.54) is 43.5 Å². The van der Waals surface area contributed by atoms with Gasteiger partial charge in [-0.25, -0.2) is 4.39 Å². The molecule has 3 aromatic rings. The minimum absolute atomic E-state index is 0.00871. The number of Topliss-reactive ketones (excluding diaryl/α,β-unsaturated/α-hetero) is 1. The van der Waals surface area contributed by atoms with Crippen LogP contribution in [0.4, 0.5) is 15.8 Å². The number of nitrogens with zero attached hydrogens (tertiary/aromatic N) is 1. The molecule has 7 heteroatoms. The second-order valence-corrected chi connectivity index (χ2v) is 5.95. The highest BCUT2D eigenvalue weighted by Gasteiger charge is 2.14. The summed E-state index contributed by atoms with van der Waals surface area (Å²) in [6.45, 7) is 1.43. The van der Waals surface area contributed by atoms with Crippen LogP contribution in [-0.4, -0.2) is 22.6 Å². The maximum absolute atomic E-state index is 13.7. The quantitative estimate of drug-likeness (QED) is 0.660. The summed E-state index contributed by atoms with van der Waals surface area (Å²) >= 11 is 0. The second-order valence-electron chi connectivity index (χ2n) is 5.95. The number of carbonyl (C=O) groups is 3. The lowest BCUT2D eigenvalue weighted by Gasteiger charge is -2.08. The lowest BCUT2D eigenvalue weighted by molar-refractivity contribution is 0.100. The van der Waals surface area contributed by atoms with E-state index in [1.54, 1.807) is 30.3 Å². The van der Waals surface area contributed by atoms with Crippen LogP contribution in [0.1, 0.15) is 38.1 Å². The molecule has 0 spiro atoms. The highest BCUT2D eigenvalue weighted by molar-refractivity contribution is 6.08. The smallest absolute Gasteiger partial charge is 0.274 e. The van der Waals surface area contributed by atoms with Gasteiger partial charge in [0.1, 0.15) is 11.5 Å². The van der Waals surface area contributed by atoms with Gasteiger partial charge in [-0.15, -0.1) is 0 Å². The summed E-state index contributed by atoms with van der Waals surface area (Å²) in [6, 6.07) is 15.0. The van der Waals surface area contributed by atoms with E-state index in [9.17, 15) is 18.8 Å². The van der Waals surface area contributed by atoms with Crippen LogP contribution in [-0.2, 0) is 0 Å². The lowest BCUT2D eigenvalue weighted by atomic mass is 10.1. The zero-order chi connectivity index (χ0) is 20.1. The molecule has 0 unspecified atom stereocenters. The standard InChI is InChI=1S/C21H16FN3O3/c1-13(26)14-5-4-6-16(11-14)24-21(28)19-12-15(9-10-23-19)20(27)25-18-8-3-2-7-17(18)22/h2-12H,1H3,(H,24,28)(H,25,27). The van der Waals surface area contributed by atoms with Crippen molar-refractivity contribution >= 4 is 29.0 Å². The summed E-state index contributed by atoms with van der Waals surface area (Å²) in [6.07, 6.45) is 1.32. The molecule has 2 N–H and O–H groups in total. The van der Waals surface area contributed by atoms with Crippen molar-refractivity contribution in [1.29, 1.82) is 0 Å². The zero-order valence-electron chi connectivity index (χ0n) is 14.9. The number of rotatable bonds is 5. The molecule has 0 saturated heterocycles. The van der Waals surface area contributed by atoms with Crippen molar-refractivity contribution in [3.8, 4) is 0 Å². The Morgan fingerprint density at radius 3 is 2.39 bits per heavy atom. The molecule has 0 aliphatic carbocycles. The number of halogens is 1. The fourth-order valence-corrected chi connectivity index (χ4v) is 2.46. The Balaban J connectivity index is 1.76. The number of carbonyl (C=O) groups excluding carboxylic acids is 3. The molecule has 0 aliphatic heterocycles. The molecule has 1 heterocycles. The van der Waals surface area contributed by atoms with E-state index in [4.69, 9.17) is 0 Å².